The molecule has 1 unspecified atom stereocenters. The van der Waals surface area contributed by atoms with Gasteiger partial charge in [0.25, 0.3) is 0 Å². The van der Waals surface area contributed by atoms with Gasteiger partial charge in [-0.25, -0.2) is 8.42 Å². The zero-order valence-corrected chi connectivity index (χ0v) is 17.6. The van der Waals surface area contributed by atoms with Crippen molar-refractivity contribution in [3.8, 4) is 0 Å². The van der Waals surface area contributed by atoms with E-state index >= 15 is 0 Å². The van der Waals surface area contributed by atoms with Crippen molar-refractivity contribution in [1.29, 1.82) is 0 Å². The molecule has 152 valence electrons. The van der Waals surface area contributed by atoms with E-state index in [-0.39, 0.29) is 5.75 Å². The van der Waals surface area contributed by atoms with Crippen LogP contribution in [0.5, 0.6) is 0 Å². The molecule has 2 heterocycles. The average Bonchev–Trinajstić information content (AvgIpc) is 2.75. The lowest BCUT2D eigenvalue weighted by molar-refractivity contribution is 0.190. The predicted octanol–water partition coefficient (Wildman–Crippen LogP) is 3.61. The fourth-order valence-electron chi connectivity index (χ4n) is 4.13. The molecule has 29 heavy (non-hydrogen) atoms. The Labute approximate surface area is 172 Å². The summed E-state index contributed by atoms with van der Waals surface area (Å²) < 4.78 is 25.0. The third-order valence-electron chi connectivity index (χ3n) is 5.72. The van der Waals surface area contributed by atoms with Gasteiger partial charge in [-0.05, 0) is 44.2 Å². The second kappa shape index (κ2) is 8.51. The van der Waals surface area contributed by atoms with Crippen LogP contribution in [0.15, 0.2) is 71.9 Å². The minimum atomic E-state index is -3.20. The van der Waals surface area contributed by atoms with E-state index in [0.717, 1.165) is 31.6 Å². The molecule has 1 atom stereocenters. The number of pyridine rings is 1. The number of anilines is 1. The molecular formula is C23H27N3O2S. The molecule has 6 heteroatoms. The van der Waals surface area contributed by atoms with Crippen LogP contribution in [0.2, 0.25) is 0 Å². The highest BCUT2D eigenvalue weighted by atomic mass is 32.2. The molecule has 1 aliphatic heterocycles. The Balaban J connectivity index is 1.36. The second-order valence-corrected chi connectivity index (χ2v) is 9.80. The Kier molecular flexibility index (Phi) is 5.83. The van der Waals surface area contributed by atoms with Crippen LogP contribution >= 0.6 is 0 Å². The van der Waals surface area contributed by atoms with Gasteiger partial charge < -0.3 is 4.90 Å². The molecule has 2 aromatic carbocycles. The van der Waals surface area contributed by atoms with Crippen molar-refractivity contribution in [1.82, 2.24) is 9.88 Å². The monoisotopic (exact) mass is 409 g/mol. The standard InChI is InChI=1S/C23H27N3O2S/c1-19-18-26(23-10-5-7-20-17-24-12-11-22(20)23)15-14-25(19)13-6-16-29(27,28)21-8-3-2-4-9-21/h2-5,7-12,17,19H,6,13-16,18H2,1H3. The first kappa shape index (κ1) is 19.9. The summed E-state index contributed by atoms with van der Waals surface area (Å²) in [5.41, 5.74) is 1.25. The highest BCUT2D eigenvalue weighted by Gasteiger charge is 2.25. The van der Waals surface area contributed by atoms with Crippen LogP contribution in [-0.2, 0) is 9.84 Å². The van der Waals surface area contributed by atoms with Gasteiger partial charge >= 0.3 is 0 Å². The molecule has 0 saturated carbocycles. The number of benzene rings is 2. The van der Waals surface area contributed by atoms with Gasteiger partial charge in [0.1, 0.15) is 0 Å². The number of fused-ring (bicyclic) bond motifs is 1. The summed E-state index contributed by atoms with van der Waals surface area (Å²) in [6.07, 6.45) is 4.41. The first-order chi connectivity index (χ1) is 14.0. The fourth-order valence-corrected chi connectivity index (χ4v) is 5.45. The molecule has 1 saturated heterocycles. The van der Waals surface area contributed by atoms with E-state index in [1.807, 2.05) is 18.5 Å². The summed E-state index contributed by atoms with van der Waals surface area (Å²) in [6.45, 7) is 5.85. The van der Waals surface area contributed by atoms with Crippen molar-refractivity contribution >= 4 is 26.3 Å². The van der Waals surface area contributed by atoms with Gasteiger partial charge in [0.05, 0.1) is 10.6 Å². The number of aromatic nitrogens is 1. The molecule has 4 rings (SSSR count). The van der Waals surface area contributed by atoms with E-state index in [2.05, 4.69) is 46.0 Å². The summed E-state index contributed by atoms with van der Waals surface area (Å²) in [7, 11) is -3.20. The normalized spacial score (nSPS) is 18.2. The number of hydrogen-bond donors (Lipinski definition) is 0. The molecule has 0 radical (unpaired) electrons. The van der Waals surface area contributed by atoms with Crippen LogP contribution in [0.25, 0.3) is 10.8 Å². The van der Waals surface area contributed by atoms with Crippen molar-refractivity contribution in [3.05, 3.63) is 67.0 Å². The lowest BCUT2D eigenvalue weighted by Gasteiger charge is -2.41. The van der Waals surface area contributed by atoms with E-state index in [1.54, 1.807) is 24.3 Å². The second-order valence-electron chi connectivity index (χ2n) is 7.69. The quantitative estimate of drug-likeness (QED) is 0.623. The lowest BCUT2D eigenvalue weighted by Crippen LogP contribution is -2.52. The molecule has 1 aromatic heterocycles. The first-order valence-electron chi connectivity index (χ1n) is 10.1. The zero-order valence-electron chi connectivity index (χ0n) is 16.7. The van der Waals surface area contributed by atoms with Crippen LogP contribution in [0.3, 0.4) is 0 Å². The Bertz CT molecular complexity index is 1060. The van der Waals surface area contributed by atoms with Crippen molar-refractivity contribution in [2.75, 3.05) is 36.8 Å². The minimum Gasteiger partial charge on any atom is -0.368 e. The van der Waals surface area contributed by atoms with Crippen molar-refractivity contribution in [2.24, 2.45) is 0 Å². The van der Waals surface area contributed by atoms with E-state index < -0.39 is 9.84 Å². The van der Waals surface area contributed by atoms with Gasteiger partial charge in [0.15, 0.2) is 9.84 Å². The molecule has 0 spiro atoms. The van der Waals surface area contributed by atoms with Gasteiger partial charge in [0, 0.05) is 54.5 Å². The van der Waals surface area contributed by atoms with Gasteiger partial charge in [-0.1, -0.05) is 30.3 Å². The summed E-state index contributed by atoms with van der Waals surface area (Å²) in [4.78, 5) is 9.49. The smallest absolute Gasteiger partial charge is 0.178 e. The Morgan fingerprint density at radius 1 is 1.03 bits per heavy atom. The lowest BCUT2D eigenvalue weighted by atomic mass is 10.1. The summed E-state index contributed by atoms with van der Waals surface area (Å²) in [5.74, 6) is 0.195. The number of hydrogen-bond acceptors (Lipinski definition) is 5. The van der Waals surface area contributed by atoms with Gasteiger partial charge in [-0.2, -0.15) is 0 Å². The van der Waals surface area contributed by atoms with Crippen molar-refractivity contribution in [2.45, 2.75) is 24.3 Å². The molecule has 1 aliphatic rings. The maximum Gasteiger partial charge on any atom is 0.178 e. The first-order valence-corrected chi connectivity index (χ1v) is 11.8. The third kappa shape index (κ3) is 4.43. The van der Waals surface area contributed by atoms with Gasteiger partial charge in [-0.15, -0.1) is 0 Å². The minimum absolute atomic E-state index is 0.195. The topological polar surface area (TPSA) is 53.5 Å². The molecule has 1 fully saturated rings. The predicted molar refractivity (Wildman–Crippen MR) is 118 cm³/mol. The third-order valence-corrected chi connectivity index (χ3v) is 7.54. The average molecular weight is 410 g/mol. The molecule has 0 aliphatic carbocycles. The van der Waals surface area contributed by atoms with Crippen LogP contribution in [0, 0.1) is 0 Å². The number of sulfone groups is 1. The maximum absolute atomic E-state index is 12.5. The van der Waals surface area contributed by atoms with Crippen LogP contribution < -0.4 is 4.90 Å². The highest BCUT2D eigenvalue weighted by Crippen LogP contribution is 2.28. The zero-order chi connectivity index (χ0) is 20.3. The maximum atomic E-state index is 12.5. The summed E-state index contributed by atoms with van der Waals surface area (Å²) in [5, 5.41) is 2.39. The van der Waals surface area contributed by atoms with E-state index in [0.29, 0.717) is 17.4 Å². The molecular weight excluding hydrogens is 382 g/mol. The van der Waals surface area contributed by atoms with Crippen molar-refractivity contribution < 1.29 is 8.42 Å². The fraction of sp³-hybridized carbons (Fsp3) is 0.348. The van der Waals surface area contributed by atoms with E-state index in [1.165, 1.54) is 11.1 Å². The van der Waals surface area contributed by atoms with Crippen LogP contribution in [0.1, 0.15) is 13.3 Å². The molecule has 5 nitrogen and oxygen atoms in total. The SMILES string of the molecule is CC1CN(c2cccc3cnccc23)CCN1CCCS(=O)(=O)c1ccccc1. The highest BCUT2D eigenvalue weighted by molar-refractivity contribution is 7.91. The molecule has 0 N–H and O–H groups in total. The van der Waals surface area contributed by atoms with Gasteiger partial charge in [-0.3, -0.25) is 9.88 Å². The largest absolute Gasteiger partial charge is 0.368 e. The molecule has 3 aromatic rings. The number of piperazine rings is 1. The summed E-state index contributed by atoms with van der Waals surface area (Å²) in [6, 6.07) is 17.6. The Morgan fingerprint density at radius 3 is 2.66 bits per heavy atom. The van der Waals surface area contributed by atoms with Crippen molar-refractivity contribution in [3.63, 3.8) is 0 Å². The molecule has 0 amide bonds. The van der Waals surface area contributed by atoms with Crippen LogP contribution in [0.4, 0.5) is 5.69 Å². The number of rotatable bonds is 6. The summed E-state index contributed by atoms with van der Waals surface area (Å²) >= 11 is 0. The van der Waals surface area contributed by atoms with Crippen LogP contribution in [-0.4, -0.2) is 56.3 Å². The van der Waals surface area contributed by atoms with E-state index in [9.17, 15) is 8.42 Å². The Morgan fingerprint density at radius 2 is 1.86 bits per heavy atom. The number of nitrogens with zero attached hydrogens (tertiary/aromatic N) is 3. The Hall–Kier alpha value is -2.44. The molecule has 0 bridgehead atoms. The van der Waals surface area contributed by atoms with E-state index in [4.69, 9.17) is 0 Å². The van der Waals surface area contributed by atoms with Gasteiger partial charge in [0.2, 0.25) is 0 Å².